The van der Waals surface area contributed by atoms with Gasteiger partial charge in [0, 0.05) is 13.6 Å². The Balaban J connectivity index is 1.73. The molecule has 1 fully saturated rings. The van der Waals surface area contributed by atoms with Crippen LogP contribution in [0.5, 0.6) is 0 Å². The molecule has 0 spiro atoms. The van der Waals surface area contributed by atoms with E-state index in [2.05, 4.69) is 44.2 Å². The Hall–Kier alpha value is -1.92. The van der Waals surface area contributed by atoms with Crippen molar-refractivity contribution in [3.05, 3.63) is 47.2 Å². The van der Waals surface area contributed by atoms with Crippen molar-refractivity contribution >= 4 is 22.4 Å². The van der Waals surface area contributed by atoms with Gasteiger partial charge >= 0.3 is 0 Å². The van der Waals surface area contributed by atoms with Crippen molar-refractivity contribution in [1.82, 2.24) is 14.6 Å². The van der Waals surface area contributed by atoms with Crippen LogP contribution in [-0.4, -0.2) is 41.9 Å². The zero-order chi connectivity index (χ0) is 16.9. The van der Waals surface area contributed by atoms with E-state index in [1.165, 1.54) is 29.9 Å². The molecular formula is C18H24N4OS. The lowest BCUT2D eigenvalue weighted by Crippen LogP contribution is -2.37. The normalized spacial score (nSPS) is 16.1. The third kappa shape index (κ3) is 3.60. The van der Waals surface area contributed by atoms with E-state index in [0.717, 1.165) is 23.8 Å². The standard InChI is InChI=1S/C18H24N4OS/c1-13-16(18(19-2)24-21-13)17(23)20-12-15(22-10-6-7-11-22)14-8-4-3-5-9-14/h3-5,8-9,15,19H,6-7,10-12H2,1-2H3,(H,20,23)/t15-/m0/s1. The third-order valence-electron chi connectivity index (χ3n) is 4.54. The van der Waals surface area contributed by atoms with E-state index >= 15 is 0 Å². The highest BCUT2D eigenvalue weighted by atomic mass is 32.1. The Morgan fingerprint density at radius 2 is 2.00 bits per heavy atom. The molecule has 1 saturated heterocycles. The van der Waals surface area contributed by atoms with Gasteiger partial charge in [0.1, 0.15) is 5.00 Å². The highest BCUT2D eigenvalue weighted by Gasteiger charge is 2.25. The lowest BCUT2D eigenvalue weighted by molar-refractivity contribution is 0.0938. The molecule has 2 aromatic rings. The van der Waals surface area contributed by atoms with E-state index < -0.39 is 0 Å². The van der Waals surface area contributed by atoms with Crippen LogP contribution in [0.25, 0.3) is 0 Å². The predicted octanol–water partition coefficient (Wildman–Crippen LogP) is 3.06. The van der Waals surface area contributed by atoms with Crippen molar-refractivity contribution in [3.8, 4) is 0 Å². The van der Waals surface area contributed by atoms with Crippen LogP contribution in [0, 0.1) is 6.92 Å². The number of hydrogen-bond acceptors (Lipinski definition) is 5. The predicted molar refractivity (Wildman–Crippen MR) is 98.7 cm³/mol. The lowest BCUT2D eigenvalue weighted by atomic mass is 10.1. The topological polar surface area (TPSA) is 57.3 Å². The number of nitrogens with zero attached hydrogens (tertiary/aromatic N) is 2. The fraction of sp³-hybridized carbons (Fsp3) is 0.444. The highest BCUT2D eigenvalue weighted by Crippen LogP contribution is 2.26. The first-order valence-corrected chi connectivity index (χ1v) is 9.19. The highest BCUT2D eigenvalue weighted by molar-refractivity contribution is 7.10. The van der Waals surface area contributed by atoms with Crippen LogP contribution in [-0.2, 0) is 0 Å². The molecule has 1 aliphatic heterocycles. The number of carbonyl (C=O) groups excluding carboxylic acids is 1. The minimum Gasteiger partial charge on any atom is -0.378 e. The summed E-state index contributed by atoms with van der Waals surface area (Å²) in [5.41, 5.74) is 2.70. The van der Waals surface area contributed by atoms with Gasteiger partial charge in [-0.3, -0.25) is 9.69 Å². The van der Waals surface area contributed by atoms with Gasteiger partial charge in [-0.25, -0.2) is 0 Å². The van der Waals surface area contributed by atoms with E-state index in [4.69, 9.17) is 0 Å². The summed E-state index contributed by atoms with van der Waals surface area (Å²) in [6.45, 7) is 4.68. The van der Waals surface area contributed by atoms with Crippen LogP contribution in [0.3, 0.4) is 0 Å². The van der Waals surface area contributed by atoms with E-state index in [0.29, 0.717) is 12.1 Å². The largest absolute Gasteiger partial charge is 0.378 e. The van der Waals surface area contributed by atoms with Gasteiger partial charge in [0.05, 0.1) is 17.3 Å². The quantitative estimate of drug-likeness (QED) is 0.846. The van der Waals surface area contributed by atoms with Gasteiger partial charge in [-0.15, -0.1) is 0 Å². The third-order valence-corrected chi connectivity index (χ3v) is 5.49. The minimum atomic E-state index is -0.0503. The molecule has 2 heterocycles. The van der Waals surface area contributed by atoms with Gasteiger partial charge < -0.3 is 10.6 Å². The first kappa shape index (κ1) is 16.9. The number of hydrogen-bond donors (Lipinski definition) is 2. The van der Waals surface area contributed by atoms with Gasteiger partial charge in [0.15, 0.2) is 0 Å². The number of benzene rings is 1. The molecule has 1 amide bonds. The van der Waals surface area contributed by atoms with Gasteiger partial charge in [-0.1, -0.05) is 30.3 Å². The molecule has 0 unspecified atom stereocenters. The SMILES string of the molecule is CNc1snc(C)c1C(=O)NC[C@@H](c1ccccc1)N1CCCC1. The average Bonchev–Trinajstić information content (AvgIpc) is 3.25. The van der Waals surface area contributed by atoms with E-state index in [1.54, 1.807) is 0 Å². The van der Waals surface area contributed by atoms with Gasteiger partial charge in [0.25, 0.3) is 5.91 Å². The Bertz CT molecular complexity index is 680. The summed E-state index contributed by atoms with van der Waals surface area (Å²) in [5, 5.41) is 7.00. The molecule has 1 atom stereocenters. The number of anilines is 1. The first-order valence-electron chi connectivity index (χ1n) is 8.42. The number of aromatic nitrogens is 1. The van der Waals surface area contributed by atoms with E-state index in [9.17, 15) is 4.79 Å². The maximum Gasteiger partial charge on any atom is 0.256 e. The molecule has 3 rings (SSSR count). The zero-order valence-corrected chi connectivity index (χ0v) is 15.0. The Kier molecular flexibility index (Phi) is 5.48. The number of rotatable bonds is 6. The number of likely N-dealkylation sites (tertiary alicyclic amines) is 1. The molecule has 0 radical (unpaired) electrons. The smallest absolute Gasteiger partial charge is 0.256 e. The lowest BCUT2D eigenvalue weighted by Gasteiger charge is -2.28. The molecule has 5 nitrogen and oxygen atoms in total. The van der Waals surface area contributed by atoms with Crippen molar-refractivity contribution in [2.24, 2.45) is 0 Å². The number of amides is 1. The maximum absolute atomic E-state index is 12.7. The molecular weight excluding hydrogens is 320 g/mol. The van der Waals surface area contributed by atoms with Crippen LogP contribution in [0.4, 0.5) is 5.00 Å². The molecule has 1 aromatic heterocycles. The molecule has 6 heteroatoms. The average molecular weight is 344 g/mol. The van der Waals surface area contributed by atoms with Gasteiger partial charge in [0.2, 0.25) is 0 Å². The van der Waals surface area contributed by atoms with Crippen molar-refractivity contribution in [2.45, 2.75) is 25.8 Å². The molecule has 24 heavy (non-hydrogen) atoms. The molecule has 1 aromatic carbocycles. The second-order valence-electron chi connectivity index (χ2n) is 6.10. The monoisotopic (exact) mass is 344 g/mol. The summed E-state index contributed by atoms with van der Waals surface area (Å²) >= 11 is 1.33. The Morgan fingerprint density at radius 1 is 1.29 bits per heavy atom. The summed E-state index contributed by atoms with van der Waals surface area (Å²) in [7, 11) is 1.82. The van der Waals surface area contributed by atoms with Crippen molar-refractivity contribution < 1.29 is 4.79 Å². The molecule has 1 aliphatic rings. The summed E-state index contributed by atoms with van der Waals surface area (Å²) < 4.78 is 4.28. The van der Waals surface area contributed by atoms with Crippen LogP contribution in [0.1, 0.15) is 40.5 Å². The van der Waals surface area contributed by atoms with Crippen LogP contribution in [0.15, 0.2) is 30.3 Å². The van der Waals surface area contributed by atoms with Crippen molar-refractivity contribution in [2.75, 3.05) is 32.0 Å². The maximum atomic E-state index is 12.7. The fourth-order valence-electron chi connectivity index (χ4n) is 3.27. The van der Waals surface area contributed by atoms with Gasteiger partial charge in [-0.05, 0) is 50.0 Å². The molecule has 0 aliphatic carbocycles. The fourth-order valence-corrected chi connectivity index (χ4v) is 4.01. The first-order chi connectivity index (χ1) is 11.7. The Labute approximate surface area is 147 Å². The molecule has 0 saturated carbocycles. The molecule has 0 bridgehead atoms. The number of nitrogens with one attached hydrogen (secondary N) is 2. The number of carbonyl (C=O) groups is 1. The second-order valence-corrected chi connectivity index (χ2v) is 6.88. The van der Waals surface area contributed by atoms with Crippen molar-refractivity contribution in [1.29, 1.82) is 0 Å². The van der Waals surface area contributed by atoms with Crippen LogP contribution in [0.2, 0.25) is 0 Å². The van der Waals surface area contributed by atoms with Crippen molar-refractivity contribution in [3.63, 3.8) is 0 Å². The van der Waals surface area contributed by atoms with Crippen LogP contribution < -0.4 is 10.6 Å². The van der Waals surface area contributed by atoms with E-state index in [-0.39, 0.29) is 11.9 Å². The summed E-state index contributed by atoms with van der Waals surface area (Å²) in [6.07, 6.45) is 2.46. The summed E-state index contributed by atoms with van der Waals surface area (Å²) in [4.78, 5) is 15.1. The number of aryl methyl sites for hydroxylation is 1. The van der Waals surface area contributed by atoms with Crippen LogP contribution >= 0.6 is 11.5 Å². The summed E-state index contributed by atoms with van der Waals surface area (Å²) in [5.74, 6) is -0.0503. The zero-order valence-electron chi connectivity index (χ0n) is 14.2. The molecule has 2 N–H and O–H groups in total. The Morgan fingerprint density at radius 3 is 2.67 bits per heavy atom. The minimum absolute atomic E-state index is 0.0503. The van der Waals surface area contributed by atoms with E-state index in [1.807, 2.05) is 20.0 Å². The van der Waals surface area contributed by atoms with Gasteiger partial charge in [-0.2, -0.15) is 4.37 Å². The second kappa shape index (κ2) is 7.77. The molecule has 128 valence electrons. The summed E-state index contributed by atoms with van der Waals surface area (Å²) in [6, 6.07) is 10.7.